The number of carbonyl (C=O) groups is 2. The van der Waals surface area contributed by atoms with Crippen LogP contribution in [0.3, 0.4) is 0 Å². The summed E-state index contributed by atoms with van der Waals surface area (Å²) in [5.41, 5.74) is 9.45. The zero-order chi connectivity index (χ0) is 31.5. The van der Waals surface area contributed by atoms with Crippen molar-refractivity contribution in [2.24, 2.45) is 5.84 Å². The number of phenolic OH excluding ortho intramolecular Hbond substituents is 1. The monoisotopic (exact) mass is 606 g/mol. The minimum Gasteiger partial charge on any atom is -0.507 e. The van der Waals surface area contributed by atoms with Crippen LogP contribution in [0.1, 0.15) is 41.9 Å². The number of unbranched alkanes of at least 4 members (excludes halogenated alkanes) is 2. The van der Waals surface area contributed by atoms with Gasteiger partial charge in [-0.25, -0.2) is 15.8 Å². The normalized spacial score (nSPS) is 11.2. The number of amides is 2. The lowest BCUT2D eigenvalue weighted by Crippen LogP contribution is -2.27. The maximum Gasteiger partial charge on any atom is 0.255 e. The first-order chi connectivity index (χ1) is 21.3. The number of fused-ring (bicyclic) bond motifs is 3. The number of hydrazine groups is 1. The number of imidazole rings is 1. The Labute approximate surface area is 256 Å². The van der Waals surface area contributed by atoms with E-state index in [0.29, 0.717) is 75.7 Å². The molecule has 44 heavy (non-hydrogen) atoms. The number of pyridine rings is 1. The number of nitrogens with two attached hydrogens (primary N) is 2. The fourth-order valence-electron chi connectivity index (χ4n) is 4.95. The van der Waals surface area contributed by atoms with Crippen LogP contribution in [-0.2, 0) is 27.2 Å². The van der Waals surface area contributed by atoms with Gasteiger partial charge in [0.05, 0.1) is 42.1 Å². The van der Waals surface area contributed by atoms with E-state index < -0.39 is 0 Å². The number of para-hydroxylation sites is 1. The van der Waals surface area contributed by atoms with Crippen molar-refractivity contribution in [2.45, 2.75) is 38.6 Å². The van der Waals surface area contributed by atoms with Gasteiger partial charge in [-0.1, -0.05) is 24.6 Å². The molecule has 2 heterocycles. The van der Waals surface area contributed by atoms with Gasteiger partial charge in [-0.2, -0.15) is 0 Å². The predicted molar refractivity (Wildman–Crippen MR) is 170 cm³/mol. The Morgan fingerprint density at radius 1 is 1.02 bits per heavy atom. The highest BCUT2D eigenvalue weighted by Gasteiger charge is 2.17. The Hall–Kier alpha value is -4.46. The number of hydrogen-bond acceptors (Lipinski definition) is 10. The molecular weight excluding hydrogens is 564 g/mol. The molecule has 2 amide bonds. The molecule has 4 aromatic rings. The number of hydrogen-bond donors (Lipinski definition) is 5. The molecule has 13 nitrogen and oxygen atoms in total. The minimum absolute atomic E-state index is 0.0376. The molecule has 4 rings (SSSR count). The van der Waals surface area contributed by atoms with Crippen LogP contribution >= 0.6 is 0 Å². The number of nitrogen functional groups attached to an aromatic ring is 1. The van der Waals surface area contributed by atoms with E-state index in [1.54, 1.807) is 20.2 Å². The molecule has 0 saturated heterocycles. The standard InChI is InChI=1S/C31H42N8O5/c1-38(33)21-11-12-23(25(40)20-21)31(42)35-14-7-3-4-10-27(41)34-15-18-44-19-16-39-26(13-17-43-2)37-28-29(39)22-8-5-6-9-24(22)36-30(28)32/h5-6,8-9,11-12,20,40H,3-4,7,10,13-19,33H2,1-2H3,(H2,32,36)(H,34,41)(H,35,42). The van der Waals surface area contributed by atoms with Crippen molar-refractivity contribution in [1.29, 1.82) is 0 Å². The van der Waals surface area contributed by atoms with Gasteiger partial charge in [0, 0.05) is 58.1 Å². The van der Waals surface area contributed by atoms with Gasteiger partial charge in [0.25, 0.3) is 5.91 Å². The van der Waals surface area contributed by atoms with Crippen molar-refractivity contribution in [2.75, 3.05) is 57.8 Å². The predicted octanol–water partition coefficient (Wildman–Crippen LogP) is 2.49. The van der Waals surface area contributed by atoms with E-state index in [4.69, 9.17) is 26.0 Å². The number of nitrogens with zero attached hydrogens (tertiary/aromatic N) is 4. The van der Waals surface area contributed by atoms with Gasteiger partial charge >= 0.3 is 0 Å². The SMILES string of the molecule is COCCc1nc2c(N)nc3ccccc3c2n1CCOCCNC(=O)CCCCCNC(=O)c1ccc(N(C)N)cc1O. The van der Waals surface area contributed by atoms with Crippen LogP contribution in [0.2, 0.25) is 0 Å². The first kappa shape index (κ1) is 32.5. The number of phenols is 1. The molecule has 0 fully saturated rings. The molecule has 0 unspecified atom stereocenters. The largest absolute Gasteiger partial charge is 0.507 e. The molecule has 0 saturated carbocycles. The van der Waals surface area contributed by atoms with Crippen molar-refractivity contribution >= 4 is 45.3 Å². The summed E-state index contributed by atoms with van der Waals surface area (Å²) >= 11 is 0. The molecular formula is C31H42N8O5. The first-order valence-electron chi connectivity index (χ1n) is 14.8. The van der Waals surface area contributed by atoms with Crippen LogP contribution in [0.5, 0.6) is 5.75 Å². The minimum atomic E-state index is -0.353. The van der Waals surface area contributed by atoms with Crippen LogP contribution in [0.15, 0.2) is 42.5 Å². The van der Waals surface area contributed by atoms with E-state index in [2.05, 4.69) is 20.2 Å². The molecule has 0 radical (unpaired) electrons. The molecule has 13 heteroatoms. The van der Waals surface area contributed by atoms with Gasteiger partial charge in [-0.05, 0) is 31.0 Å². The summed E-state index contributed by atoms with van der Waals surface area (Å²) < 4.78 is 13.2. The number of rotatable bonds is 17. The van der Waals surface area contributed by atoms with E-state index in [-0.39, 0.29) is 23.1 Å². The molecule has 0 aliphatic rings. The zero-order valence-corrected chi connectivity index (χ0v) is 25.3. The van der Waals surface area contributed by atoms with E-state index in [1.807, 2.05) is 24.3 Å². The number of carbonyl (C=O) groups excluding carboxylic acids is 2. The number of aromatic hydroxyl groups is 1. The number of ether oxygens (including phenoxy) is 2. The third-order valence-corrected chi connectivity index (χ3v) is 7.25. The molecule has 2 aromatic heterocycles. The van der Waals surface area contributed by atoms with Crippen LogP contribution < -0.4 is 27.2 Å². The Morgan fingerprint density at radius 2 is 1.84 bits per heavy atom. The maximum absolute atomic E-state index is 12.3. The molecule has 7 N–H and O–H groups in total. The summed E-state index contributed by atoms with van der Waals surface area (Å²) in [6.07, 6.45) is 3.24. The molecule has 0 spiro atoms. The van der Waals surface area contributed by atoms with Crippen molar-refractivity contribution in [3.8, 4) is 5.75 Å². The second-order valence-corrected chi connectivity index (χ2v) is 10.5. The summed E-state index contributed by atoms with van der Waals surface area (Å²) in [5, 5.41) is 18.1. The van der Waals surface area contributed by atoms with E-state index in [9.17, 15) is 14.7 Å². The van der Waals surface area contributed by atoms with Crippen molar-refractivity contribution in [1.82, 2.24) is 25.2 Å². The fourth-order valence-corrected chi connectivity index (χ4v) is 4.95. The number of methoxy groups -OCH3 is 1. The quantitative estimate of drug-likeness (QED) is 0.0680. The molecule has 0 atom stereocenters. The van der Waals surface area contributed by atoms with Gasteiger partial charge in [0.15, 0.2) is 5.82 Å². The topological polar surface area (TPSA) is 183 Å². The Kier molecular flexibility index (Phi) is 11.7. The van der Waals surface area contributed by atoms with Gasteiger partial charge in [-0.3, -0.25) is 9.59 Å². The number of anilines is 2. The lowest BCUT2D eigenvalue weighted by Gasteiger charge is -2.13. The smallest absolute Gasteiger partial charge is 0.255 e. The van der Waals surface area contributed by atoms with Gasteiger partial charge in [0.2, 0.25) is 5.91 Å². The molecule has 2 aromatic carbocycles. The van der Waals surface area contributed by atoms with Gasteiger partial charge < -0.3 is 40.5 Å². The fraction of sp³-hybridized carbons (Fsp3) is 0.419. The van der Waals surface area contributed by atoms with Crippen LogP contribution in [0.25, 0.3) is 21.9 Å². The van der Waals surface area contributed by atoms with Crippen LogP contribution in [-0.4, -0.2) is 78.5 Å². The highest BCUT2D eigenvalue weighted by Crippen LogP contribution is 2.29. The second-order valence-electron chi connectivity index (χ2n) is 10.5. The Morgan fingerprint density at radius 3 is 2.61 bits per heavy atom. The molecule has 0 bridgehead atoms. The summed E-state index contributed by atoms with van der Waals surface area (Å²) in [4.78, 5) is 33.8. The number of benzene rings is 2. The summed E-state index contributed by atoms with van der Waals surface area (Å²) in [6.45, 7) is 2.79. The zero-order valence-electron chi connectivity index (χ0n) is 25.3. The van der Waals surface area contributed by atoms with E-state index in [1.165, 1.54) is 17.1 Å². The number of nitrogens with one attached hydrogen (secondary N) is 2. The highest BCUT2D eigenvalue weighted by atomic mass is 16.5. The lowest BCUT2D eigenvalue weighted by atomic mass is 10.1. The van der Waals surface area contributed by atoms with E-state index in [0.717, 1.165) is 35.1 Å². The molecule has 236 valence electrons. The average molecular weight is 607 g/mol. The van der Waals surface area contributed by atoms with Crippen LogP contribution in [0, 0.1) is 0 Å². The average Bonchev–Trinajstić information content (AvgIpc) is 3.38. The molecule has 0 aliphatic carbocycles. The van der Waals surface area contributed by atoms with Crippen molar-refractivity contribution < 1.29 is 24.2 Å². The third-order valence-electron chi connectivity index (χ3n) is 7.25. The Bertz CT molecular complexity index is 1570. The van der Waals surface area contributed by atoms with Gasteiger partial charge in [-0.15, -0.1) is 0 Å². The Balaban J connectivity index is 1.13. The maximum atomic E-state index is 12.3. The second kappa shape index (κ2) is 15.8. The molecule has 0 aliphatic heterocycles. The van der Waals surface area contributed by atoms with Crippen LogP contribution in [0.4, 0.5) is 11.5 Å². The first-order valence-corrected chi connectivity index (χ1v) is 14.8. The van der Waals surface area contributed by atoms with Crippen molar-refractivity contribution in [3.05, 3.63) is 53.9 Å². The summed E-state index contributed by atoms with van der Waals surface area (Å²) in [6, 6.07) is 12.5. The summed E-state index contributed by atoms with van der Waals surface area (Å²) in [7, 11) is 3.30. The van der Waals surface area contributed by atoms with Crippen molar-refractivity contribution in [3.63, 3.8) is 0 Å². The highest BCUT2D eigenvalue weighted by molar-refractivity contribution is 6.06. The van der Waals surface area contributed by atoms with E-state index >= 15 is 0 Å². The van der Waals surface area contributed by atoms with Gasteiger partial charge in [0.1, 0.15) is 17.1 Å². The lowest BCUT2D eigenvalue weighted by molar-refractivity contribution is -0.121. The summed E-state index contributed by atoms with van der Waals surface area (Å²) in [5.74, 6) is 6.38. The third kappa shape index (κ3) is 8.34. The number of aromatic nitrogens is 3.